The van der Waals surface area contributed by atoms with Gasteiger partial charge in [0.25, 0.3) is 0 Å². The van der Waals surface area contributed by atoms with E-state index in [1.807, 2.05) is 24.3 Å². The molecule has 1 heterocycles. The van der Waals surface area contributed by atoms with Gasteiger partial charge in [-0.1, -0.05) is 6.07 Å². The highest BCUT2D eigenvalue weighted by atomic mass is 16.5. The quantitative estimate of drug-likeness (QED) is 0.722. The average molecular weight is 337 g/mol. The van der Waals surface area contributed by atoms with Gasteiger partial charge in [0.2, 0.25) is 5.91 Å². The van der Waals surface area contributed by atoms with Crippen LogP contribution in [0.4, 0.5) is 11.4 Å². The summed E-state index contributed by atoms with van der Waals surface area (Å²) in [5.74, 6) is 1.17. The molecule has 3 rings (SSSR count). The molecule has 0 atom stereocenters. The second-order valence-electron chi connectivity index (χ2n) is 5.44. The summed E-state index contributed by atoms with van der Waals surface area (Å²) in [7, 11) is 3.17. The number of aromatic nitrogens is 1. The summed E-state index contributed by atoms with van der Waals surface area (Å²) in [5.41, 5.74) is 1.49. The second-order valence-corrected chi connectivity index (χ2v) is 5.44. The molecular formula is C19H19N3O3. The third kappa shape index (κ3) is 4.17. The highest BCUT2D eigenvalue weighted by Gasteiger charge is 2.06. The number of ether oxygens (including phenoxy) is 2. The van der Waals surface area contributed by atoms with Crippen LogP contribution >= 0.6 is 0 Å². The van der Waals surface area contributed by atoms with E-state index in [9.17, 15) is 4.79 Å². The minimum absolute atomic E-state index is 0.130. The number of nitrogens with zero attached hydrogens (tertiary/aromatic N) is 1. The van der Waals surface area contributed by atoms with Crippen LogP contribution in [-0.4, -0.2) is 31.7 Å². The van der Waals surface area contributed by atoms with Crippen LogP contribution in [-0.2, 0) is 4.79 Å². The van der Waals surface area contributed by atoms with Crippen molar-refractivity contribution in [2.45, 2.75) is 0 Å². The zero-order chi connectivity index (χ0) is 17.6. The highest BCUT2D eigenvalue weighted by Crippen LogP contribution is 2.25. The molecule has 128 valence electrons. The lowest BCUT2D eigenvalue weighted by Gasteiger charge is -2.11. The summed E-state index contributed by atoms with van der Waals surface area (Å²) in [5, 5.41) is 8.00. The minimum Gasteiger partial charge on any atom is -0.497 e. The lowest BCUT2D eigenvalue weighted by Crippen LogP contribution is -2.21. The number of anilines is 2. The van der Waals surface area contributed by atoms with Crippen molar-refractivity contribution in [3.8, 4) is 11.5 Å². The van der Waals surface area contributed by atoms with Crippen molar-refractivity contribution in [1.82, 2.24) is 4.98 Å². The molecule has 6 nitrogen and oxygen atoms in total. The zero-order valence-corrected chi connectivity index (χ0v) is 14.1. The van der Waals surface area contributed by atoms with Gasteiger partial charge in [-0.05, 0) is 23.6 Å². The summed E-state index contributed by atoms with van der Waals surface area (Å²) < 4.78 is 10.4. The number of carbonyl (C=O) groups excluding carboxylic acids is 1. The first-order valence-corrected chi connectivity index (χ1v) is 7.78. The molecule has 0 aliphatic heterocycles. The number of nitrogens with one attached hydrogen (secondary N) is 2. The Morgan fingerprint density at radius 2 is 1.72 bits per heavy atom. The van der Waals surface area contributed by atoms with Crippen LogP contribution in [0.2, 0.25) is 0 Å². The van der Waals surface area contributed by atoms with E-state index in [4.69, 9.17) is 9.47 Å². The maximum absolute atomic E-state index is 12.2. The Kier molecular flexibility index (Phi) is 4.99. The SMILES string of the molecule is COc1cc(NCC(=O)Nc2ccc3cnccc3c2)cc(OC)c1. The van der Waals surface area contributed by atoms with Crippen LogP contribution in [0.15, 0.2) is 54.9 Å². The molecule has 0 bridgehead atoms. The monoisotopic (exact) mass is 337 g/mol. The Hall–Kier alpha value is -3.28. The van der Waals surface area contributed by atoms with Crippen molar-refractivity contribution >= 4 is 28.1 Å². The largest absolute Gasteiger partial charge is 0.497 e. The molecule has 0 aliphatic carbocycles. The molecule has 6 heteroatoms. The van der Waals surface area contributed by atoms with Gasteiger partial charge >= 0.3 is 0 Å². The molecular weight excluding hydrogens is 318 g/mol. The number of fused-ring (bicyclic) bond motifs is 1. The summed E-state index contributed by atoms with van der Waals surface area (Å²) in [6, 6.07) is 13.0. The van der Waals surface area contributed by atoms with E-state index < -0.39 is 0 Å². The Labute approximate surface area is 145 Å². The summed E-state index contributed by atoms with van der Waals surface area (Å²) in [6.45, 7) is 0.130. The Morgan fingerprint density at radius 3 is 2.44 bits per heavy atom. The molecule has 2 N–H and O–H groups in total. The van der Waals surface area contributed by atoms with Gasteiger partial charge in [-0.2, -0.15) is 0 Å². The number of hydrogen-bond donors (Lipinski definition) is 2. The summed E-state index contributed by atoms with van der Waals surface area (Å²) in [4.78, 5) is 16.3. The van der Waals surface area contributed by atoms with E-state index in [-0.39, 0.29) is 12.5 Å². The van der Waals surface area contributed by atoms with E-state index >= 15 is 0 Å². The van der Waals surface area contributed by atoms with Gasteiger partial charge < -0.3 is 20.1 Å². The van der Waals surface area contributed by atoms with E-state index in [1.54, 1.807) is 44.8 Å². The van der Waals surface area contributed by atoms with Crippen molar-refractivity contribution in [2.24, 2.45) is 0 Å². The fraction of sp³-hybridized carbons (Fsp3) is 0.158. The number of methoxy groups -OCH3 is 2. The number of pyridine rings is 1. The van der Waals surface area contributed by atoms with E-state index in [0.29, 0.717) is 11.5 Å². The Morgan fingerprint density at radius 1 is 0.960 bits per heavy atom. The minimum atomic E-state index is -0.143. The molecule has 0 spiro atoms. The summed E-state index contributed by atoms with van der Waals surface area (Å²) in [6.07, 6.45) is 3.52. The third-order valence-corrected chi connectivity index (χ3v) is 3.73. The maximum Gasteiger partial charge on any atom is 0.243 e. The van der Waals surface area contributed by atoms with Gasteiger partial charge in [-0.25, -0.2) is 0 Å². The first-order chi connectivity index (χ1) is 12.2. The van der Waals surface area contributed by atoms with Crippen molar-refractivity contribution in [3.05, 3.63) is 54.9 Å². The smallest absolute Gasteiger partial charge is 0.243 e. The van der Waals surface area contributed by atoms with Crippen LogP contribution in [0.3, 0.4) is 0 Å². The molecule has 0 aliphatic rings. The Balaban J connectivity index is 1.64. The van der Waals surface area contributed by atoms with Gasteiger partial charge in [0.15, 0.2) is 0 Å². The molecule has 1 amide bonds. The van der Waals surface area contributed by atoms with Gasteiger partial charge in [-0.3, -0.25) is 9.78 Å². The van der Waals surface area contributed by atoms with Crippen molar-refractivity contribution in [3.63, 3.8) is 0 Å². The maximum atomic E-state index is 12.2. The molecule has 2 aromatic carbocycles. The lowest BCUT2D eigenvalue weighted by atomic mass is 10.1. The van der Waals surface area contributed by atoms with Gasteiger partial charge in [0.05, 0.1) is 20.8 Å². The zero-order valence-electron chi connectivity index (χ0n) is 14.1. The van der Waals surface area contributed by atoms with E-state index in [2.05, 4.69) is 15.6 Å². The van der Waals surface area contributed by atoms with E-state index in [0.717, 1.165) is 22.1 Å². The van der Waals surface area contributed by atoms with Gasteiger partial charge in [-0.15, -0.1) is 0 Å². The Bertz CT molecular complexity index is 874. The molecule has 3 aromatic rings. The van der Waals surface area contributed by atoms with Crippen LogP contribution in [0, 0.1) is 0 Å². The molecule has 0 saturated carbocycles. The number of benzene rings is 2. The van der Waals surface area contributed by atoms with Gasteiger partial charge in [0.1, 0.15) is 11.5 Å². The molecule has 0 saturated heterocycles. The first kappa shape index (κ1) is 16.6. The van der Waals surface area contributed by atoms with Crippen molar-refractivity contribution in [1.29, 1.82) is 0 Å². The van der Waals surface area contributed by atoms with Crippen LogP contribution in [0.5, 0.6) is 11.5 Å². The average Bonchev–Trinajstić information content (AvgIpc) is 2.66. The molecule has 0 radical (unpaired) electrons. The number of hydrogen-bond acceptors (Lipinski definition) is 5. The van der Waals surface area contributed by atoms with Crippen LogP contribution < -0.4 is 20.1 Å². The van der Waals surface area contributed by atoms with E-state index in [1.165, 1.54) is 0 Å². The molecule has 0 fully saturated rings. The molecule has 0 unspecified atom stereocenters. The second kappa shape index (κ2) is 7.53. The highest BCUT2D eigenvalue weighted by molar-refractivity contribution is 5.96. The normalized spacial score (nSPS) is 10.3. The fourth-order valence-electron chi connectivity index (χ4n) is 2.46. The van der Waals surface area contributed by atoms with Crippen LogP contribution in [0.25, 0.3) is 10.8 Å². The number of amides is 1. The predicted octanol–water partition coefficient (Wildman–Crippen LogP) is 3.30. The first-order valence-electron chi connectivity index (χ1n) is 7.78. The standard InChI is InChI=1S/C19H19N3O3/c1-24-17-8-16(9-18(10-17)25-2)21-12-19(23)22-15-4-3-14-11-20-6-5-13(14)7-15/h3-11,21H,12H2,1-2H3,(H,22,23). The predicted molar refractivity (Wildman–Crippen MR) is 98.4 cm³/mol. The molecule has 1 aromatic heterocycles. The van der Waals surface area contributed by atoms with Crippen molar-refractivity contribution in [2.75, 3.05) is 31.4 Å². The summed E-state index contributed by atoms with van der Waals surface area (Å²) >= 11 is 0. The topological polar surface area (TPSA) is 72.5 Å². The fourth-order valence-corrected chi connectivity index (χ4v) is 2.46. The van der Waals surface area contributed by atoms with Gasteiger partial charge in [0, 0.05) is 47.4 Å². The van der Waals surface area contributed by atoms with Crippen LogP contribution in [0.1, 0.15) is 0 Å². The third-order valence-electron chi connectivity index (χ3n) is 3.73. The number of carbonyl (C=O) groups is 1. The number of rotatable bonds is 6. The van der Waals surface area contributed by atoms with Crippen molar-refractivity contribution < 1.29 is 14.3 Å². The molecule has 25 heavy (non-hydrogen) atoms. The lowest BCUT2D eigenvalue weighted by molar-refractivity contribution is -0.114.